The summed E-state index contributed by atoms with van der Waals surface area (Å²) in [7, 11) is 0. The monoisotopic (exact) mass is 322 g/mol. The van der Waals surface area contributed by atoms with Crippen LogP contribution in [-0.4, -0.2) is 37.6 Å². The van der Waals surface area contributed by atoms with E-state index >= 15 is 0 Å². The average molecular weight is 322 g/mol. The molecule has 3 rings (SSSR count). The van der Waals surface area contributed by atoms with Crippen LogP contribution in [0.25, 0.3) is 11.4 Å². The fraction of sp³-hybridized carbons (Fsp3) is 0.235. The highest BCUT2D eigenvalue weighted by atomic mass is 16.1. The van der Waals surface area contributed by atoms with Gasteiger partial charge in [0.15, 0.2) is 5.82 Å². The van der Waals surface area contributed by atoms with Crippen LogP contribution < -0.4 is 5.32 Å². The predicted octanol–water partition coefficient (Wildman–Crippen LogP) is 1.85. The molecule has 0 fully saturated rings. The van der Waals surface area contributed by atoms with Gasteiger partial charge in [0.25, 0.3) is 5.91 Å². The van der Waals surface area contributed by atoms with E-state index in [1.807, 2.05) is 30.3 Å². The summed E-state index contributed by atoms with van der Waals surface area (Å²) in [6.45, 7) is 4.05. The van der Waals surface area contributed by atoms with Gasteiger partial charge in [0, 0.05) is 24.7 Å². The van der Waals surface area contributed by atoms with Crippen molar-refractivity contribution in [1.82, 2.24) is 30.5 Å². The zero-order valence-electron chi connectivity index (χ0n) is 13.6. The number of nitrogens with one attached hydrogen (secondary N) is 2. The highest BCUT2D eigenvalue weighted by molar-refractivity contribution is 5.94. The van der Waals surface area contributed by atoms with Crippen molar-refractivity contribution in [2.75, 3.05) is 6.54 Å². The first kappa shape index (κ1) is 15.8. The van der Waals surface area contributed by atoms with E-state index in [2.05, 4.69) is 30.5 Å². The lowest BCUT2D eigenvalue weighted by atomic mass is 10.2. The van der Waals surface area contributed by atoms with Crippen LogP contribution in [-0.2, 0) is 6.42 Å². The van der Waals surface area contributed by atoms with Gasteiger partial charge in [0.1, 0.15) is 11.6 Å². The molecule has 0 aliphatic heterocycles. The third-order valence-electron chi connectivity index (χ3n) is 3.56. The van der Waals surface area contributed by atoms with Gasteiger partial charge in [-0.15, -0.1) is 0 Å². The summed E-state index contributed by atoms with van der Waals surface area (Å²) in [5.74, 6) is 1.85. The van der Waals surface area contributed by atoms with Crippen molar-refractivity contribution in [3.63, 3.8) is 0 Å². The molecule has 0 radical (unpaired) electrons. The highest BCUT2D eigenvalue weighted by Gasteiger charge is 2.11. The molecule has 0 aliphatic rings. The lowest BCUT2D eigenvalue weighted by molar-refractivity contribution is 0.0952. The fourth-order valence-electron chi connectivity index (χ4n) is 2.32. The third kappa shape index (κ3) is 3.62. The molecular weight excluding hydrogens is 304 g/mol. The first-order valence-electron chi connectivity index (χ1n) is 7.68. The molecule has 2 N–H and O–H groups in total. The number of rotatable bonds is 5. The number of carbonyl (C=O) groups excluding carboxylic acids is 1. The van der Waals surface area contributed by atoms with Crippen LogP contribution in [0.2, 0.25) is 0 Å². The van der Waals surface area contributed by atoms with Gasteiger partial charge < -0.3 is 5.32 Å². The number of nitrogens with zero attached hydrogens (tertiary/aromatic N) is 4. The number of aromatic amines is 1. The van der Waals surface area contributed by atoms with Crippen molar-refractivity contribution in [2.24, 2.45) is 0 Å². The Balaban J connectivity index is 1.57. The van der Waals surface area contributed by atoms with E-state index in [1.54, 1.807) is 20.0 Å². The molecule has 3 aromatic rings. The Morgan fingerprint density at radius 2 is 1.96 bits per heavy atom. The van der Waals surface area contributed by atoms with E-state index < -0.39 is 0 Å². The van der Waals surface area contributed by atoms with E-state index in [-0.39, 0.29) is 5.91 Å². The highest BCUT2D eigenvalue weighted by Crippen LogP contribution is 2.13. The fourth-order valence-corrected chi connectivity index (χ4v) is 2.32. The molecule has 0 aliphatic carbocycles. The molecule has 1 amide bonds. The molecule has 0 spiro atoms. The Hall–Kier alpha value is -3.09. The van der Waals surface area contributed by atoms with Crippen LogP contribution in [0.4, 0.5) is 0 Å². The molecular formula is C17H18N6O. The maximum absolute atomic E-state index is 12.2. The van der Waals surface area contributed by atoms with E-state index in [0.29, 0.717) is 35.9 Å². The molecule has 122 valence electrons. The Morgan fingerprint density at radius 3 is 2.71 bits per heavy atom. The molecule has 0 bridgehead atoms. The zero-order valence-corrected chi connectivity index (χ0v) is 13.6. The summed E-state index contributed by atoms with van der Waals surface area (Å²) in [5.41, 5.74) is 2.12. The van der Waals surface area contributed by atoms with Crippen LogP contribution in [0, 0.1) is 13.8 Å². The molecule has 2 aromatic heterocycles. The Labute approximate surface area is 139 Å². The smallest absolute Gasteiger partial charge is 0.254 e. The normalized spacial score (nSPS) is 10.6. The maximum Gasteiger partial charge on any atom is 0.254 e. The first-order chi connectivity index (χ1) is 11.6. The largest absolute Gasteiger partial charge is 0.351 e. The molecule has 0 saturated heterocycles. The van der Waals surface area contributed by atoms with Crippen molar-refractivity contribution >= 4 is 5.91 Å². The van der Waals surface area contributed by atoms with Gasteiger partial charge in [-0.2, -0.15) is 5.10 Å². The van der Waals surface area contributed by atoms with Crippen molar-refractivity contribution in [1.29, 1.82) is 0 Å². The molecule has 0 atom stereocenters. The molecule has 1 aromatic carbocycles. The summed E-state index contributed by atoms with van der Waals surface area (Å²) < 4.78 is 0. The molecule has 24 heavy (non-hydrogen) atoms. The van der Waals surface area contributed by atoms with Crippen LogP contribution in [0.3, 0.4) is 0 Å². The summed E-state index contributed by atoms with van der Waals surface area (Å²) in [6, 6.07) is 9.74. The number of hydrogen-bond donors (Lipinski definition) is 2. The van der Waals surface area contributed by atoms with E-state index in [1.165, 1.54) is 0 Å². The van der Waals surface area contributed by atoms with Gasteiger partial charge in [-0.25, -0.2) is 15.0 Å². The number of aromatic nitrogens is 5. The zero-order chi connectivity index (χ0) is 16.9. The van der Waals surface area contributed by atoms with Crippen LogP contribution in [0.15, 0.2) is 36.5 Å². The average Bonchev–Trinajstić information content (AvgIpc) is 3.04. The van der Waals surface area contributed by atoms with Crippen molar-refractivity contribution in [3.8, 4) is 11.4 Å². The van der Waals surface area contributed by atoms with Crippen molar-refractivity contribution < 1.29 is 4.79 Å². The second-order valence-electron chi connectivity index (χ2n) is 5.39. The molecule has 2 heterocycles. The van der Waals surface area contributed by atoms with E-state index in [4.69, 9.17) is 0 Å². The van der Waals surface area contributed by atoms with Crippen molar-refractivity contribution in [3.05, 3.63) is 59.4 Å². The van der Waals surface area contributed by atoms with Gasteiger partial charge in [0.05, 0.1) is 11.3 Å². The van der Waals surface area contributed by atoms with Crippen LogP contribution in [0.5, 0.6) is 0 Å². The summed E-state index contributed by atoms with van der Waals surface area (Å²) in [6.07, 6.45) is 2.12. The van der Waals surface area contributed by atoms with Gasteiger partial charge in [-0.3, -0.25) is 9.89 Å². The number of H-pyrrole nitrogens is 1. The second kappa shape index (κ2) is 6.99. The molecule has 7 nitrogen and oxygen atoms in total. The predicted molar refractivity (Wildman–Crippen MR) is 89.4 cm³/mol. The van der Waals surface area contributed by atoms with Gasteiger partial charge >= 0.3 is 0 Å². The molecule has 0 saturated carbocycles. The van der Waals surface area contributed by atoms with Crippen molar-refractivity contribution in [2.45, 2.75) is 20.3 Å². The Morgan fingerprint density at radius 1 is 1.17 bits per heavy atom. The minimum Gasteiger partial charge on any atom is -0.351 e. The quantitative estimate of drug-likeness (QED) is 0.747. The second-order valence-corrected chi connectivity index (χ2v) is 5.39. The standard InChI is InChI=1S/C17H18N6O/c1-11-14(10-19-12(2)20-11)17(24)18-9-8-15-21-16(23-22-15)13-6-4-3-5-7-13/h3-7,10H,8-9H2,1-2H3,(H,18,24)(H,21,22,23). The lowest BCUT2D eigenvalue weighted by Gasteiger charge is -2.06. The third-order valence-corrected chi connectivity index (χ3v) is 3.56. The minimum atomic E-state index is -0.185. The number of aryl methyl sites for hydroxylation is 2. The van der Waals surface area contributed by atoms with Gasteiger partial charge in [0.2, 0.25) is 0 Å². The minimum absolute atomic E-state index is 0.185. The first-order valence-corrected chi connectivity index (χ1v) is 7.68. The SMILES string of the molecule is Cc1ncc(C(=O)NCCc2nc(-c3ccccc3)n[nH]2)c(C)n1. The summed E-state index contributed by atoms with van der Waals surface area (Å²) in [5, 5.41) is 9.95. The maximum atomic E-state index is 12.2. The van der Waals surface area contributed by atoms with Crippen LogP contribution >= 0.6 is 0 Å². The Kier molecular flexibility index (Phi) is 4.60. The van der Waals surface area contributed by atoms with E-state index in [9.17, 15) is 4.79 Å². The molecule has 0 unspecified atom stereocenters. The van der Waals surface area contributed by atoms with E-state index in [0.717, 1.165) is 11.4 Å². The Bertz CT molecular complexity index is 843. The molecule has 7 heteroatoms. The van der Waals surface area contributed by atoms with Gasteiger partial charge in [-0.05, 0) is 13.8 Å². The summed E-state index contributed by atoms with van der Waals surface area (Å²) >= 11 is 0. The van der Waals surface area contributed by atoms with Gasteiger partial charge in [-0.1, -0.05) is 30.3 Å². The number of amides is 1. The topological polar surface area (TPSA) is 96.5 Å². The van der Waals surface area contributed by atoms with Crippen LogP contribution in [0.1, 0.15) is 27.7 Å². The summed E-state index contributed by atoms with van der Waals surface area (Å²) in [4.78, 5) is 24.9. The number of benzene rings is 1. The number of hydrogen-bond acceptors (Lipinski definition) is 5. The number of carbonyl (C=O) groups is 1. The lowest BCUT2D eigenvalue weighted by Crippen LogP contribution is -2.27.